The molecule has 2 aromatic rings. The van der Waals surface area contributed by atoms with Gasteiger partial charge in [0.25, 0.3) is 5.91 Å². The molecule has 6 heteroatoms. The van der Waals surface area contributed by atoms with Gasteiger partial charge in [0.2, 0.25) is 0 Å². The van der Waals surface area contributed by atoms with Crippen molar-refractivity contribution in [2.75, 3.05) is 32.2 Å². The molecule has 0 bridgehead atoms. The van der Waals surface area contributed by atoms with Crippen molar-refractivity contribution in [3.63, 3.8) is 0 Å². The summed E-state index contributed by atoms with van der Waals surface area (Å²) < 4.78 is 16.2. The largest absolute Gasteiger partial charge is 0.492 e. The van der Waals surface area contributed by atoms with Crippen LogP contribution in [0.3, 0.4) is 0 Å². The average molecular weight is 378 g/mol. The predicted octanol–water partition coefficient (Wildman–Crippen LogP) is 4.65. The van der Waals surface area contributed by atoms with Gasteiger partial charge in [-0.1, -0.05) is 37.6 Å². The first-order valence-electron chi connectivity index (χ1n) is 8.45. The van der Waals surface area contributed by atoms with Gasteiger partial charge in [-0.3, -0.25) is 4.79 Å². The van der Waals surface area contributed by atoms with Crippen LogP contribution in [0.1, 0.15) is 24.2 Å². The van der Waals surface area contributed by atoms with Gasteiger partial charge in [-0.25, -0.2) is 0 Å². The first kappa shape index (κ1) is 20.1. The molecule has 0 aliphatic rings. The quantitative estimate of drug-likeness (QED) is 0.646. The summed E-state index contributed by atoms with van der Waals surface area (Å²) in [5.74, 6) is 1.23. The molecule has 0 unspecified atom stereocenters. The lowest BCUT2D eigenvalue weighted by molar-refractivity contribution is 0.101. The lowest BCUT2D eigenvalue weighted by Gasteiger charge is -2.13. The summed E-state index contributed by atoms with van der Waals surface area (Å²) in [5, 5.41) is 3.28. The van der Waals surface area contributed by atoms with Crippen molar-refractivity contribution in [3.8, 4) is 11.5 Å². The number of hydrogen-bond acceptors (Lipinski definition) is 4. The number of nitrogens with one attached hydrogen (secondary N) is 1. The highest BCUT2D eigenvalue weighted by Crippen LogP contribution is 2.29. The van der Waals surface area contributed by atoms with Gasteiger partial charge >= 0.3 is 0 Å². The SMILES string of the molecule is COCCOc1ccccc1C(=O)Nc1ccc(OCC(C)C)c(Cl)c1. The maximum Gasteiger partial charge on any atom is 0.259 e. The highest BCUT2D eigenvalue weighted by atomic mass is 35.5. The van der Waals surface area contributed by atoms with Crippen LogP contribution in [-0.2, 0) is 4.74 Å². The highest BCUT2D eigenvalue weighted by molar-refractivity contribution is 6.32. The van der Waals surface area contributed by atoms with Crippen molar-refractivity contribution >= 4 is 23.2 Å². The maximum absolute atomic E-state index is 12.6. The Balaban J connectivity index is 2.07. The minimum absolute atomic E-state index is 0.273. The minimum Gasteiger partial charge on any atom is -0.492 e. The third kappa shape index (κ3) is 5.93. The van der Waals surface area contributed by atoms with Gasteiger partial charge < -0.3 is 19.5 Å². The van der Waals surface area contributed by atoms with Crippen LogP contribution < -0.4 is 14.8 Å². The van der Waals surface area contributed by atoms with Crippen LogP contribution in [0.5, 0.6) is 11.5 Å². The topological polar surface area (TPSA) is 56.8 Å². The molecule has 0 aliphatic heterocycles. The van der Waals surface area contributed by atoms with Gasteiger partial charge in [-0.2, -0.15) is 0 Å². The molecule has 0 radical (unpaired) electrons. The van der Waals surface area contributed by atoms with E-state index in [1.54, 1.807) is 43.5 Å². The van der Waals surface area contributed by atoms with Crippen molar-refractivity contribution in [2.24, 2.45) is 5.92 Å². The standard InChI is InChI=1S/C20H24ClNO4/c1-14(2)13-26-19-9-8-15(12-17(19)21)22-20(23)16-6-4-5-7-18(16)25-11-10-24-3/h4-9,12,14H,10-11,13H2,1-3H3,(H,22,23). The molecule has 2 aromatic carbocycles. The number of rotatable bonds is 9. The summed E-state index contributed by atoms with van der Waals surface area (Å²) in [7, 11) is 1.60. The van der Waals surface area contributed by atoms with Crippen molar-refractivity contribution < 1.29 is 19.0 Å². The summed E-state index contributed by atoms with van der Waals surface area (Å²) in [6.45, 7) is 5.53. The molecule has 0 heterocycles. The number of carbonyl (C=O) groups is 1. The second kappa shape index (κ2) is 10.0. The monoisotopic (exact) mass is 377 g/mol. The Kier molecular flexibility index (Phi) is 7.75. The van der Waals surface area contributed by atoms with Crippen LogP contribution in [0.2, 0.25) is 5.02 Å². The number of anilines is 1. The third-order valence-electron chi connectivity index (χ3n) is 3.44. The predicted molar refractivity (Wildman–Crippen MR) is 104 cm³/mol. The van der Waals surface area contributed by atoms with E-state index >= 15 is 0 Å². The Morgan fingerprint density at radius 1 is 1.08 bits per heavy atom. The van der Waals surface area contributed by atoms with E-state index in [0.717, 1.165) is 0 Å². The number of halogens is 1. The molecular weight excluding hydrogens is 354 g/mol. The molecule has 2 rings (SSSR count). The number of benzene rings is 2. The molecule has 1 N–H and O–H groups in total. The van der Waals surface area contributed by atoms with Gasteiger partial charge in [-0.05, 0) is 36.2 Å². The summed E-state index contributed by atoms with van der Waals surface area (Å²) >= 11 is 6.24. The van der Waals surface area contributed by atoms with E-state index in [9.17, 15) is 4.79 Å². The molecule has 0 aromatic heterocycles. The zero-order chi connectivity index (χ0) is 18.9. The van der Waals surface area contributed by atoms with Crippen LogP contribution in [0.15, 0.2) is 42.5 Å². The zero-order valence-corrected chi connectivity index (χ0v) is 16.0. The van der Waals surface area contributed by atoms with Crippen molar-refractivity contribution in [1.29, 1.82) is 0 Å². The molecule has 0 saturated heterocycles. The zero-order valence-electron chi connectivity index (χ0n) is 15.3. The van der Waals surface area contributed by atoms with Crippen LogP contribution in [0.4, 0.5) is 5.69 Å². The number of para-hydroxylation sites is 1. The molecule has 140 valence electrons. The maximum atomic E-state index is 12.6. The van der Waals surface area contributed by atoms with E-state index in [0.29, 0.717) is 53.5 Å². The number of ether oxygens (including phenoxy) is 3. The van der Waals surface area contributed by atoms with Crippen molar-refractivity contribution in [1.82, 2.24) is 0 Å². The summed E-state index contributed by atoms with van der Waals surface area (Å²) in [6.07, 6.45) is 0. The van der Waals surface area contributed by atoms with E-state index in [4.69, 9.17) is 25.8 Å². The normalized spacial score (nSPS) is 10.7. The Bertz CT molecular complexity index is 734. The minimum atomic E-state index is -0.273. The second-order valence-corrected chi connectivity index (χ2v) is 6.55. The van der Waals surface area contributed by atoms with Gasteiger partial charge in [0.05, 0.1) is 23.8 Å². The molecule has 0 atom stereocenters. The van der Waals surface area contributed by atoms with E-state index < -0.39 is 0 Å². The van der Waals surface area contributed by atoms with E-state index in [1.165, 1.54) is 0 Å². The average Bonchev–Trinajstić information content (AvgIpc) is 2.61. The smallest absolute Gasteiger partial charge is 0.259 e. The van der Waals surface area contributed by atoms with E-state index in [2.05, 4.69) is 19.2 Å². The van der Waals surface area contributed by atoms with E-state index in [1.807, 2.05) is 6.07 Å². The number of hydrogen-bond donors (Lipinski definition) is 1. The molecule has 5 nitrogen and oxygen atoms in total. The Hall–Kier alpha value is -2.24. The number of carbonyl (C=O) groups excluding carboxylic acids is 1. The van der Waals surface area contributed by atoms with Crippen molar-refractivity contribution in [3.05, 3.63) is 53.1 Å². The van der Waals surface area contributed by atoms with Crippen LogP contribution in [-0.4, -0.2) is 32.8 Å². The Morgan fingerprint density at radius 2 is 1.85 bits per heavy atom. The van der Waals surface area contributed by atoms with Gasteiger partial charge in [0, 0.05) is 12.8 Å². The number of methoxy groups -OCH3 is 1. The Labute approximate surface area is 159 Å². The molecule has 0 aliphatic carbocycles. The molecule has 0 spiro atoms. The van der Waals surface area contributed by atoms with Crippen LogP contribution in [0.25, 0.3) is 0 Å². The fourth-order valence-electron chi connectivity index (χ4n) is 2.17. The molecule has 26 heavy (non-hydrogen) atoms. The van der Waals surface area contributed by atoms with E-state index in [-0.39, 0.29) is 5.91 Å². The first-order chi connectivity index (χ1) is 12.5. The molecule has 0 fully saturated rings. The van der Waals surface area contributed by atoms with Gasteiger partial charge in [0.15, 0.2) is 0 Å². The van der Waals surface area contributed by atoms with Crippen molar-refractivity contribution in [2.45, 2.75) is 13.8 Å². The summed E-state index contributed by atoms with van der Waals surface area (Å²) in [5.41, 5.74) is 1.03. The second-order valence-electron chi connectivity index (χ2n) is 6.14. The fraction of sp³-hybridized carbons (Fsp3) is 0.350. The Morgan fingerprint density at radius 3 is 2.54 bits per heavy atom. The molecule has 1 amide bonds. The van der Waals surface area contributed by atoms with Gasteiger partial charge in [0.1, 0.15) is 18.1 Å². The van der Waals surface area contributed by atoms with Gasteiger partial charge in [-0.15, -0.1) is 0 Å². The fourth-order valence-corrected chi connectivity index (χ4v) is 2.40. The van der Waals surface area contributed by atoms with Crippen LogP contribution in [0, 0.1) is 5.92 Å². The lowest BCUT2D eigenvalue weighted by atomic mass is 10.2. The molecular formula is C20H24ClNO4. The number of amides is 1. The molecule has 0 saturated carbocycles. The lowest BCUT2D eigenvalue weighted by Crippen LogP contribution is -2.15. The first-order valence-corrected chi connectivity index (χ1v) is 8.83. The third-order valence-corrected chi connectivity index (χ3v) is 3.73. The summed E-state index contributed by atoms with van der Waals surface area (Å²) in [6, 6.07) is 12.2. The van der Waals surface area contributed by atoms with Crippen LogP contribution >= 0.6 is 11.6 Å². The highest BCUT2D eigenvalue weighted by Gasteiger charge is 2.13. The summed E-state index contributed by atoms with van der Waals surface area (Å²) in [4.78, 5) is 12.6.